The monoisotopic (exact) mass is 379 g/mol. The van der Waals surface area contributed by atoms with Gasteiger partial charge < -0.3 is 4.74 Å². The highest BCUT2D eigenvalue weighted by Gasteiger charge is 2.09. The number of rotatable bonds is 6. The van der Waals surface area contributed by atoms with Gasteiger partial charge in [0, 0.05) is 10.8 Å². The minimum absolute atomic E-state index is 0.507. The van der Waals surface area contributed by atoms with E-state index in [0.29, 0.717) is 22.4 Å². The Morgan fingerprint density at radius 3 is 2.79 bits per heavy atom. The molecule has 24 heavy (non-hydrogen) atoms. The fourth-order valence-corrected chi connectivity index (χ4v) is 3.40. The number of benzene rings is 2. The highest BCUT2D eigenvalue weighted by molar-refractivity contribution is 7.99. The minimum Gasteiger partial charge on any atom is -0.491 e. The normalized spacial score (nSPS) is 10.8. The number of thioether (sulfide) groups is 1. The van der Waals surface area contributed by atoms with Crippen LogP contribution in [0.1, 0.15) is 5.56 Å². The van der Waals surface area contributed by atoms with E-state index in [1.807, 2.05) is 22.8 Å². The molecule has 2 aromatic carbocycles. The van der Waals surface area contributed by atoms with Gasteiger partial charge in [0.15, 0.2) is 5.16 Å². The van der Waals surface area contributed by atoms with Gasteiger partial charge in [0.05, 0.1) is 17.3 Å². The third-order valence-electron chi connectivity index (χ3n) is 3.36. The van der Waals surface area contributed by atoms with Gasteiger partial charge in [-0.1, -0.05) is 53.2 Å². The van der Waals surface area contributed by atoms with Crippen molar-refractivity contribution in [3.05, 3.63) is 64.4 Å². The Bertz CT molecular complexity index is 838. The quantitative estimate of drug-likeness (QED) is 0.443. The highest BCUT2D eigenvalue weighted by Crippen LogP contribution is 2.28. The van der Waals surface area contributed by atoms with Crippen LogP contribution in [0.25, 0.3) is 5.69 Å². The van der Waals surface area contributed by atoms with E-state index in [1.54, 1.807) is 36.3 Å². The van der Waals surface area contributed by atoms with E-state index < -0.39 is 0 Å². The summed E-state index contributed by atoms with van der Waals surface area (Å²) in [4.78, 5) is 0. The topological polar surface area (TPSA) is 39.9 Å². The van der Waals surface area contributed by atoms with Crippen molar-refractivity contribution in [3.8, 4) is 11.4 Å². The van der Waals surface area contributed by atoms with Crippen LogP contribution in [0, 0.1) is 6.92 Å². The molecular weight excluding hydrogens is 365 g/mol. The molecule has 1 aromatic heterocycles. The standard InChI is InChI=1S/C17H15Cl2N3OS/c1-12-4-2-3-5-15(12)22-11-20-21-17(22)24-9-8-23-16-7-6-13(18)10-14(16)19/h2-7,10-11H,8-9H2,1H3. The molecule has 3 rings (SSSR count). The predicted octanol–water partition coefficient (Wildman–Crippen LogP) is 5.05. The maximum absolute atomic E-state index is 6.09. The number of aromatic nitrogens is 3. The summed E-state index contributed by atoms with van der Waals surface area (Å²) < 4.78 is 7.67. The second kappa shape index (κ2) is 7.92. The van der Waals surface area contributed by atoms with E-state index >= 15 is 0 Å². The van der Waals surface area contributed by atoms with Gasteiger partial charge in [0.25, 0.3) is 0 Å². The molecule has 0 spiro atoms. The Kier molecular flexibility index (Phi) is 5.66. The molecule has 7 heteroatoms. The van der Waals surface area contributed by atoms with Crippen molar-refractivity contribution in [3.63, 3.8) is 0 Å². The smallest absolute Gasteiger partial charge is 0.195 e. The lowest BCUT2D eigenvalue weighted by Crippen LogP contribution is -2.03. The van der Waals surface area contributed by atoms with Gasteiger partial charge in [-0.3, -0.25) is 4.57 Å². The molecule has 0 amide bonds. The van der Waals surface area contributed by atoms with Crippen molar-refractivity contribution in [2.75, 3.05) is 12.4 Å². The van der Waals surface area contributed by atoms with Crippen LogP contribution >= 0.6 is 35.0 Å². The molecule has 0 aliphatic heterocycles. The van der Waals surface area contributed by atoms with Gasteiger partial charge in [-0.05, 0) is 36.8 Å². The Hall–Kier alpha value is -1.69. The third kappa shape index (κ3) is 4.04. The first-order valence-corrected chi connectivity index (χ1v) is 9.06. The Morgan fingerprint density at radius 1 is 1.17 bits per heavy atom. The Balaban J connectivity index is 1.60. The Morgan fingerprint density at radius 2 is 2.00 bits per heavy atom. The lowest BCUT2D eigenvalue weighted by molar-refractivity contribution is 0.344. The fourth-order valence-electron chi connectivity index (χ4n) is 2.20. The van der Waals surface area contributed by atoms with Gasteiger partial charge >= 0.3 is 0 Å². The average molecular weight is 380 g/mol. The molecule has 3 aromatic rings. The number of aryl methyl sites for hydroxylation is 1. The van der Waals surface area contributed by atoms with E-state index in [0.717, 1.165) is 16.6 Å². The lowest BCUT2D eigenvalue weighted by Gasteiger charge is -2.10. The molecule has 0 saturated carbocycles. The molecule has 0 N–H and O–H groups in total. The fraction of sp³-hybridized carbons (Fsp3) is 0.176. The molecule has 0 unspecified atom stereocenters. The molecule has 0 bridgehead atoms. The number of para-hydroxylation sites is 1. The van der Waals surface area contributed by atoms with Gasteiger partial charge in [-0.2, -0.15) is 0 Å². The van der Waals surface area contributed by atoms with Crippen molar-refractivity contribution >= 4 is 35.0 Å². The van der Waals surface area contributed by atoms with Crippen molar-refractivity contribution in [1.82, 2.24) is 14.8 Å². The molecular formula is C17H15Cl2N3OS. The number of hydrogen-bond acceptors (Lipinski definition) is 4. The van der Waals surface area contributed by atoms with Gasteiger partial charge in [-0.25, -0.2) is 0 Å². The third-order valence-corrected chi connectivity index (χ3v) is 4.80. The van der Waals surface area contributed by atoms with Gasteiger partial charge in [0.1, 0.15) is 12.1 Å². The number of nitrogens with zero attached hydrogens (tertiary/aromatic N) is 3. The summed E-state index contributed by atoms with van der Waals surface area (Å²) in [7, 11) is 0. The van der Waals surface area contributed by atoms with Crippen molar-refractivity contribution in [2.45, 2.75) is 12.1 Å². The van der Waals surface area contributed by atoms with Crippen LogP contribution in [-0.2, 0) is 0 Å². The molecule has 1 heterocycles. The van der Waals surface area contributed by atoms with E-state index in [2.05, 4.69) is 23.2 Å². The van der Waals surface area contributed by atoms with Crippen molar-refractivity contribution in [1.29, 1.82) is 0 Å². The number of halogens is 2. The second-order valence-corrected chi connectivity index (χ2v) is 6.95. The molecule has 0 aliphatic carbocycles. The molecule has 0 atom stereocenters. The molecule has 124 valence electrons. The number of ether oxygens (including phenoxy) is 1. The van der Waals surface area contributed by atoms with E-state index in [4.69, 9.17) is 27.9 Å². The molecule has 0 fully saturated rings. The van der Waals surface area contributed by atoms with Crippen LogP contribution in [0.2, 0.25) is 10.0 Å². The van der Waals surface area contributed by atoms with Crippen LogP contribution in [-0.4, -0.2) is 27.1 Å². The summed E-state index contributed by atoms with van der Waals surface area (Å²) >= 11 is 13.5. The van der Waals surface area contributed by atoms with Crippen LogP contribution < -0.4 is 4.74 Å². The van der Waals surface area contributed by atoms with Gasteiger partial charge in [-0.15, -0.1) is 10.2 Å². The average Bonchev–Trinajstić information content (AvgIpc) is 3.02. The Labute approximate surface area is 154 Å². The first kappa shape index (κ1) is 17.1. The summed E-state index contributed by atoms with van der Waals surface area (Å²) in [5, 5.41) is 10.1. The van der Waals surface area contributed by atoms with Crippen LogP contribution in [0.5, 0.6) is 5.75 Å². The van der Waals surface area contributed by atoms with Crippen LogP contribution in [0.4, 0.5) is 0 Å². The van der Waals surface area contributed by atoms with E-state index in [1.165, 1.54) is 5.56 Å². The molecule has 0 radical (unpaired) electrons. The maximum Gasteiger partial charge on any atom is 0.195 e. The minimum atomic E-state index is 0.507. The first-order valence-electron chi connectivity index (χ1n) is 7.32. The predicted molar refractivity (Wildman–Crippen MR) is 98.8 cm³/mol. The molecule has 0 saturated heterocycles. The lowest BCUT2D eigenvalue weighted by atomic mass is 10.2. The second-order valence-electron chi connectivity index (χ2n) is 5.04. The largest absolute Gasteiger partial charge is 0.491 e. The SMILES string of the molecule is Cc1ccccc1-n1cnnc1SCCOc1ccc(Cl)cc1Cl. The van der Waals surface area contributed by atoms with E-state index in [-0.39, 0.29) is 0 Å². The maximum atomic E-state index is 6.09. The summed E-state index contributed by atoms with van der Waals surface area (Å²) in [6, 6.07) is 13.3. The van der Waals surface area contributed by atoms with Crippen LogP contribution in [0.15, 0.2) is 53.9 Å². The zero-order valence-electron chi connectivity index (χ0n) is 12.9. The highest BCUT2D eigenvalue weighted by atomic mass is 35.5. The van der Waals surface area contributed by atoms with Gasteiger partial charge in [0.2, 0.25) is 0 Å². The number of hydrogen-bond donors (Lipinski definition) is 0. The summed E-state index contributed by atoms with van der Waals surface area (Å²) in [6.45, 7) is 2.57. The van der Waals surface area contributed by atoms with Crippen molar-refractivity contribution in [2.24, 2.45) is 0 Å². The molecule has 4 nitrogen and oxygen atoms in total. The zero-order chi connectivity index (χ0) is 16.9. The summed E-state index contributed by atoms with van der Waals surface area (Å²) in [5.41, 5.74) is 2.25. The summed E-state index contributed by atoms with van der Waals surface area (Å²) in [6.07, 6.45) is 1.72. The zero-order valence-corrected chi connectivity index (χ0v) is 15.3. The molecule has 0 aliphatic rings. The summed E-state index contributed by atoms with van der Waals surface area (Å²) in [5.74, 6) is 1.35. The van der Waals surface area contributed by atoms with E-state index in [9.17, 15) is 0 Å². The first-order chi connectivity index (χ1) is 11.6. The van der Waals surface area contributed by atoms with Crippen LogP contribution in [0.3, 0.4) is 0 Å². The van der Waals surface area contributed by atoms with Crippen molar-refractivity contribution < 1.29 is 4.74 Å².